The molecule has 4 aliphatic carbocycles. The summed E-state index contributed by atoms with van der Waals surface area (Å²) in [6.07, 6.45) is 7.51. The molecule has 4 aliphatic rings. The van der Waals surface area contributed by atoms with Crippen molar-refractivity contribution >= 4 is 29.3 Å². The number of carbonyl (C=O) groups excluding carboxylic acids is 2. The summed E-state index contributed by atoms with van der Waals surface area (Å²) in [4.78, 5) is 26.8. The maximum Gasteiger partial charge on any atom is 0.256 e. The van der Waals surface area contributed by atoms with Crippen LogP contribution in [-0.4, -0.2) is 30.2 Å². The smallest absolute Gasteiger partial charge is 0.256 e. The van der Waals surface area contributed by atoms with Gasteiger partial charge in [0.25, 0.3) is 5.91 Å². The average Bonchev–Trinajstić information content (AvgIpc) is 2.77. The topological polar surface area (TPSA) is 67.4 Å². The van der Waals surface area contributed by atoms with Gasteiger partial charge in [-0.3, -0.25) is 9.59 Å². The highest BCUT2D eigenvalue weighted by molar-refractivity contribution is 8.00. The lowest BCUT2D eigenvalue weighted by Crippen LogP contribution is -2.60. The second-order valence-electron chi connectivity index (χ2n) is 10.2. The van der Waals surface area contributed by atoms with E-state index < -0.39 is 0 Å². The lowest BCUT2D eigenvalue weighted by atomic mass is 9.53. The number of carbonyl (C=O) groups is 2. The van der Waals surface area contributed by atoms with E-state index in [9.17, 15) is 9.59 Å². The van der Waals surface area contributed by atoms with Crippen LogP contribution in [0.2, 0.25) is 0 Å². The molecule has 4 bridgehead atoms. The number of thioether (sulfide) groups is 1. The predicted octanol–water partition coefficient (Wildman–Crippen LogP) is 5.43. The molecule has 0 unspecified atom stereocenters. The molecule has 6 rings (SSSR count). The molecule has 4 saturated carbocycles. The molecule has 0 spiro atoms. The summed E-state index contributed by atoms with van der Waals surface area (Å²) >= 11 is 1.43. The second kappa shape index (κ2) is 9.05. The summed E-state index contributed by atoms with van der Waals surface area (Å²) in [5.74, 6) is 3.21. The van der Waals surface area contributed by atoms with Crippen LogP contribution in [0.4, 0.5) is 5.69 Å². The van der Waals surface area contributed by atoms with Crippen molar-refractivity contribution in [3.8, 4) is 5.75 Å². The molecule has 0 radical (unpaired) electrons. The second-order valence-corrected chi connectivity index (χ2v) is 11.2. The maximum absolute atomic E-state index is 13.1. The Morgan fingerprint density at radius 1 is 1.03 bits per heavy atom. The van der Waals surface area contributed by atoms with Crippen molar-refractivity contribution in [1.82, 2.24) is 5.32 Å². The molecule has 0 heterocycles. The van der Waals surface area contributed by atoms with Gasteiger partial charge < -0.3 is 15.4 Å². The Bertz CT molecular complexity index is 1030. The minimum atomic E-state index is -0.205. The Balaban J connectivity index is 1.24. The molecule has 2 aromatic rings. The van der Waals surface area contributed by atoms with Gasteiger partial charge in [-0.2, -0.15) is 0 Å². The van der Waals surface area contributed by atoms with E-state index in [-0.39, 0.29) is 17.4 Å². The third-order valence-corrected chi connectivity index (χ3v) is 8.61. The zero-order valence-electron chi connectivity index (χ0n) is 19.4. The molecule has 2 amide bonds. The standard InChI is InChI=1S/C27H32N2O3S/c1-17-7-8-23(32-2)22(9-17)28-26(31)21-5-3-4-6-24(21)33-16-25(30)29-27-13-18-10-19(14-27)12-20(11-18)15-27/h3-9,18-20H,10-16H2,1-2H3,(H,28,31)(H,29,30). The van der Waals surface area contributed by atoms with E-state index in [2.05, 4.69) is 10.6 Å². The minimum absolute atomic E-state index is 0.0189. The number of ether oxygens (including phenoxy) is 1. The van der Waals surface area contributed by atoms with Crippen molar-refractivity contribution < 1.29 is 14.3 Å². The fourth-order valence-electron chi connectivity index (χ4n) is 6.63. The molecule has 0 aliphatic heterocycles. The van der Waals surface area contributed by atoms with Gasteiger partial charge in [0.15, 0.2) is 0 Å². The van der Waals surface area contributed by atoms with Crippen molar-refractivity contribution in [1.29, 1.82) is 0 Å². The highest BCUT2D eigenvalue weighted by Crippen LogP contribution is 2.55. The normalized spacial score (nSPS) is 27.3. The summed E-state index contributed by atoms with van der Waals surface area (Å²) < 4.78 is 5.39. The number of nitrogens with one attached hydrogen (secondary N) is 2. The van der Waals surface area contributed by atoms with E-state index in [1.54, 1.807) is 13.2 Å². The van der Waals surface area contributed by atoms with Crippen LogP contribution in [0.1, 0.15) is 54.4 Å². The lowest BCUT2D eigenvalue weighted by molar-refractivity contribution is -0.124. The number of amides is 2. The molecular formula is C27H32N2O3S. The van der Waals surface area contributed by atoms with Crippen LogP contribution in [-0.2, 0) is 4.79 Å². The Labute approximate surface area is 200 Å². The molecule has 33 heavy (non-hydrogen) atoms. The number of benzene rings is 2. The molecule has 0 saturated heterocycles. The molecule has 5 nitrogen and oxygen atoms in total. The fourth-order valence-corrected chi connectivity index (χ4v) is 7.48. The highest BCUT2D eigenvalue weighted by Gasteiger charge is 2.51. The zero-order chi connectivity index (χ0) is 23.0. The third-order valence-electron chi connectivity index (χ3n) is 7.54. The van der Waals surface area contributed by atoms with Gasteiger partial charge in [0.2, 0.25) is 5.91 Å². The van der Waals surface area contributed by atoms with Crippen LogP contribution < -0.4 is 15.4 Å². The molecule has 0 aromatic heterocycles. The Hall–Kier alpha value is -2.47. The molecule has 6 heteroatoms. The van der Waals surface area contributed by atoms with Gasteiger partial charge in [0.05, 0.1) is 24.1 Å². The first-order chi connectivity index (χ1) is 15.9. The van der Waals surface area contributed by atoms with Crippen molar-refractivity contribution in [2.75, 3.05) is 18.2 Å². The van der Waals surface area contributed by atoms with E-state index in [4.69, 9.17) is 4.74 Å². The van der Waals surface area contributed by atoms with Gasteiger partial charge in [-0.15, -0.1) is 11.8 Å². The van der Waals surface area contributed by atoms with Crippen molar-refractivity contribution in [3.63, 3.8) is 0 Å². The number of anilines is 1. The van der Waals surface area contributed by atoms with Gasteiger partial charge in [-0.25, -0.2) is 0 Å². The number of hydrogen-bond acceptors (Lipinski definition) is 4. The zero-order valence-corrected chi connectivity index (χ0v) is 20.2. The molecule has 4 fully saturated rings. The number of methoxy groups -OCH3 is 1. The van der Waals surface area contributed by atoms with E-state index in [0.29, 0.717) is 22.8 Å². The van der Waals surface area contributed by atoms with Crippen LogP contribution in [0.25, 0.3) is 0 Å². The molecule has 174 valence electrons. The van der Waals surface area contributed by atoms with Gasteiger partial charge in [-0.1, -0.05) is 18.2 Å². The Morgan fingerprint density at radius 2 is 1.70 bits per heavy atom. The average molecular weight is 465 g/mol. The summed E-state index contributed by atoms with van der Waals surface area (Å²) in [5.41, 5.74) is 2.26. The summed E-state index contributed by atoms with van der Waals surface area (Å²) in [5, 5.41) is 6.40. The summed E-state index contributed by atoms with van der Waals surface area (Å²) in [6, 6.07) is 13.2. The van der Waals surface area contributed by atoms with E-state index in [1.165, 1.54) is 31.0 Å². The van der Waals surface area contributed by atoms with Crippen LogP contribution in [0.3, 0.4) is 0 Å². The third kappa shape index (κ3) is 4.77. The van der Waals surface area contributed by atoms with Gasteiger partial charge in [-0.05, 0) is 93.0 Å². The molecule has 0 atom stereocenters. The van der Waals surface area contributed by atoms with Crippen molar-refractivity contribution in [3.05, 3.63) is 53.6 Å². The SMILES string of the molecule is COc1ccc(C)cc1NC(=O)c1ccccc1SCC(=O)NC12CC3CC(CC(C3)C1)C2. The first-order valence-corrected chi connectivity index (χ1v) is 12.9. The predicted molar refractivity (Wildman–Crippen MR) is 132 cm³/mol. The molecule has 2 aromatic carbocycles. The first kappa shape index (κ1) is 22.3. The van der Waals surface area contributed by atoms with Crippen LogP contribution in [0.5, 0.6) is 5.75 Å². The maximum atomic E-state index is 13.1. The minimum Gasteiger partial charge on any atom is -0.495 e. The number of rotatable bonds is 7. The fraction of sp³-hybridized carbons (Fsp3) is 0.481. The van der Waals surface area contributed by atoms with Crippen molar-refractivity contribution in [2.45, 2.75) is 55.9 Å². The molecule has 2 N–H and O–H groups in total. The van der Waals surface area contributed by atoms with Crippen LogP contribution >= 0.6 is 11.8 Å². The number of hydrogen-bond donors (Lipinski definition) is 2. The van der Waals surface area contributed by atoms with E-state index in [1.807, 2.05) is 43.3 Å². The Morgan fingerprint density at radius 3 is 2.36 bits per heavy atom. The lowest BCUT2D eigenvalue weighted by Gasteiger charge is -2.56. The van der Waals surface area contributed by atoms with Gasteiger partial charge in [0, 0.05) is 10.4 Å². The van der Waals surface area contributed by atoms with Crippen LogP contribution in [0, 0.1) is 24.7 Å². The quantitative estimate of drug-likeness (QED) is 0.536. The van der Waals surface area contributed by atoms with Crippen molar-refractivity contribution in [2.24, 2.45) is 17.8 Å². The summed E-state index contributed by atoms with van der Waals surface area (Å²) in [6.45, 7) is 1.97. The monoisotopic (exact) mass is 464 g/mol. The van der Waals surface area contributed by atoms with Gasteiger partial charge >= 0.3 is 0 Å². The summed E-state index contributed by atoms with van der Waals surface area (Å²) in [7, 11) is 1.59. The Kier molecular flexibility index (Phi) is 6.12. The highest BCUT2D eigenvalue weighted by atomic mass is 32.2. The molecular weight excluding hydrogens is 432 g/mol. The largest absolute Gasteiger partial charge is 0.495 e. The van der Waals surface area contributed by atoms with Gasteiger partial charge in [0.1, 0.15) is 5.75 Å². The van der Waals surface area contributed by atoms with E-state index >= 15 is 0 Å². The first-order valence-electron chi connectivity index (χ1n) is 11.9. The van der Waals surface area contributed by atoms with E-state index in [0.717, 1.165) is 47.5 Å². The number of aryl methyl sites for hydroxylation is 1. The van der Waals surface area contributed by atoms with Crippen LogP contribution in [0.15, 0.2) is 47.4 Å².